The molecule has 5 nitrogen and oxygen atoms in total. The first-order valence-electron chi connectivity index (χ1n) is 7.19. The topological polar surface area (TPSA) is 47.2 Å². The zero-order valence-electron chi connectivity index (χ0n) is 12.7. The van der Waals surface area contributed by atoms with Crippen LogP contribution in [0.2, 0.25) is 0 Å². The van der Waals surface area contributed by atoms with Gasteiger partial charge in [0.2, 0.25) is 0 Å². The smallest absolute Gasteiger partial charge is 0.366 e. The van der Waals surface area contributed by atoms with E-state index < -0.39 is 12.2 Å². The van der Waals surface area contributed by atoms with E-state index in [4.69, 9.17) is 0 Å². The van der Waals surface area contributed by atoms with E-state index in [0.29, 0.717) is 23.6 Å². The second-order valence-electron chi connectivity index (χ2n) is 5.20. The Kier molecular flexibility index (Phi) is 3.75. The van der Waals surface area contributed by atoms with Crippen molar-refractivity contribution in [3.63, 3.8) is 0 Å². The van der Waals surface area contributed by atoms with E-state index in [1.807, 2.05) is 6.92 Å². The molecule has 3 rings (SSSR count). The van der Waals surface area contributed by atoms with Gasteiger partial charge in [0.15, 0.2) is 6.04 Å². The molecule has 0 radical (unpaired) electrons. The molecule has 1 N–H and O–H groups in total. The third-order valence-corrected chi connectivity index (χ3v) is 3.62. The Balaban J connectivity index is 2.05. The number of nitrogens with zero attached hydrogens (tertiary/aromatic N) is 4. The summed E-state index contributed by atoms with van der Waals surface area (Å²) in [6.45, 7) is 4.13. The number of nitrogens with one attached hydrogen (secondary N) is 1. The first-order chi connectivity index (χ1) is 10.9. The van der Waals surface area contributed by atoms with Gasteiger partial charge in [-0.3, -0.25) is 4.68 Å². The number of hydrogen-bond acceptors (Lipinski definition) is 3. The van der Waals surface area contributed by atoms with Crippen molar-refractivity contribution in [2.24, 2.45) is 0 Å². The van der Waals surface area contributed by atoms with Crippen LogP contribution in [0.3, 0.4) is 0 Å². The van der Waals surface area contributed by atoms with Gasteiger partial charge in [0, 0.05) is 18.9 Å². The Bertz CT molecular complexity index is 818. The summed E-state index contributed by atoms with van der Waals surface area (Å²) < 4.78 is 43.9. The molecular weight excluding hydrogens is 307 g/mol. The predicted molar refractivity (Wildman–Crippen MR) is 80.2 cm³/mol. The van der Waals surface area contributed by atoms with E-state index in [1.54, 1.807) is 46.6 Å². The van der Waals surface area contributed by atoms with Gasteiger partial charge in [0.05, 0.1) is 23.1 Å². The number of pyridine rings is 1. The normalized spacial score (nSPS) is 13.4. The molecule has 0 aromatic carbocycles. The molecule has 0 aliphatic rings. The molecule has 8 heteroatoms. The van der Waals surface area contributed by atoms with Gasteiger partial charge in [-0.15, -0.1) is 0 Å². The zero-order chi connectivity index (χ0) is 16.6. The van der Waals surface area contributed by atoms with Gasteiger partial charge in [-0.05, 0) is 26.0 Å². The summed E-state index contributed by atoms with van der Waals surface area (Å²) in [7, 11) is 0. The summed E-state index contributed by atoms with van der Waals surface area (Å²) in [5.74, 6) is 0.510. The van der Waals surface area contributed by atoms with Crippen LogP contribution in [0.5, 0.6) is 0 Å². The number of rotatable bonds is 4. The van der Waals surface area contributed by atoms with Crippen molar-refractivity contribution in [1.29, 1.82) is 0 Å². The average molecular weight is 323 g/mol. The van der Waals surface area contributed by atoms with Crippen LogP contribution >= 0.6 is 0 Å². The van der Waals surface area contributed by atoms with Crippen LogP contribution in [0.15, 0.2) is 36.8 Å². The molecular formula is C15H16F3N5. The molecule has 122 valence electrons. The predicted octanol–water partition coefficient (Wildman–Crippen LogP) is 3.57. The number of anilines is 1. The van der Waals surface area contributed by atoms with Crippen LogP contribution in [0, 0.1) is 6.92 Å². The van der Waals surface area contributed by atoms with Gasteiger partial charge < -0.3 is 9.72 Å². The Labute approximate surface area is 130 Å². The van der Waals surface area contributed by atoms with E-state index in [1.165, 1.54) is 6.20 Å². The molecule has 0 aliphatic carbocycles. The summed E-state index contributed by atoms with van der Waals surface area (Å²) in [6, 6.07) is 3.18. The number of halogens is 3. The minimum Gasteiger partial charge on any atom is -0.366 e. The van der Waals surface area contributed by atoms with Crippen molar-refractivity contribution >= 4 is 11.2 Å². The van der Waals surface area contributed by atoms with Crippen LogP contribution < -0.4 is 5.32 Å². The summed E-state index contributed by atoms with van der Waals surface area (Å²) in [5, 5.41) is 6.50. The van der Waals surface area contributed by atoms with E-state index in [-0.39, 0.29) is 5.69 Å². The number of imidazole rings is 1. The molecule has 0 spiro atoms. The summed E-state index contributed by atoms with van der Waals surface area (Å²) in [6.07, 6.45) is 0.145. The summed E-state index contributed by atoms with van der Waals surface area (Å²) in [4.78, 5) is 4.13. The van der Waals surface area contributed by atoms with Gasteiger partial charge in [0.1, 0.15) is 5.82 Å². The number of alkyl halides is 3. The Morgan fingerprint density at radius 2 is 2.09 bits per heavy atom. The highest BCUT2D eigenvalue weighted by atomic mass is 19.4. The third-order valence-electron chi connectivity index (χ3n) is 3.62. The van der Waals surface area contributed by atoms with Crippen LogP contribution in [-0.2, 0) is 6.54 Å². The maximum Gasteiger partial charge on any atom is 0.414 e. The molecule has 3 aromatic heterocycles. The second kappa shape index (κ2) is 5.60. The van der Waals surface area contributed by atoms with Gasteiger partial charge in [-0.1, -0.05) is 6.07 Å². The number of aryl methyl sites for hydroxylation is 2. The standard InChI is InChI=1S/C15H16F3N5/c1-3-22-9-11(8-19-22)21-14(15(16,17)18)13-12-6-4-5-7-23(12)10(2)20-13/h4-9,14,21H,3H2,1-2H3. The van der Waals surface area contributed by atoms with Crippen molar-refractivity contribution in [2.45, 2.75) is 32.6 Å². The molecule has 23 heavy (non-hydrogen) atoms. The Morgan fingerprint density at radius 1 is 1.30 bits per heavy atom. The molecule has 0 saturated carbocycles. The van der Waals surface area contributed by atoms with Crippen LogP contribution in [-0.4, -0.2) is 25.3 Å². The fraction of sp³-hybridized carbons (Fsp3) is 0.333. The molecule has 0 aliphatic heterocycles. The van der Waals surface area contributed by atoms with Crippen molar-refractivity contribution < 1.29 is 13.2 Å². The second-order valence-corrected chi connectivity index (χ2v) is 5.20. The molecule has 1 atom stereocenters. The first kappa shape index (κ1) is 15.4. The molecule has 3 aromatic rings. The lowest BCUT2D eigenvalue weighted by molar-refractivity contribution is -0.144. The molecule has 0 fully saturated rings. The van der Waals surface area contributed by atoms with Crippen LogP contribution in [0.1, 0.15) is 24.5 Å². The van der Waals surface area contributed by atoms with Crippen molar-refractivity contribution in [3.05, 3.63) is 48.3 Å². The van der Waals surface area contributed by atoms with Gasteiger partial charge in [-0.25, -0.2) is 4.98 Å². The SMILES string of the molecule is CCn1cc(NC(c2nc(C)n3ccccc23)C(F)(F)F)cn1. The van der Waals surface area contributed by atoms with E-state index in [9.17, 15) is 13.2 Å². The average Bonchev–Trinajstić information content (AvgIpc) is 3.09. The molecule has 0 saturated heterocycles. The van der Waals surface area contributed by atoms with Gasteiger partial charge in [0.25, 0.3) is 0 Å². The van der Waals surface area contributed by atoms with E-state index in [0.717, 1.165) is 0 Å². The molecule has 0 bridgehead atoms. The Morgan fingerprint density at radius 3 is 2.74 bits per heavy atom. The van der Waals surface area contributed by atoms with E-state index >= 15 is 0 Å². The molecule has 1 unspecified atom stereocenters. The first-order valence-corrected chi connectivity index (χ1v) is 7.19. The molecule has 0 amide bonds. The number of fused-ring (bicyclic) bond motifs is 1. The molecule has 3 heterocycles. The lowest BCUT2D eigenvalue weighted by Gasteiger charge is -2.20. The van der Waals surface area contributed by atoms with Gasteiger partial charge >= 0.3 is 6.18 Å². The monoisotopic (exact) mass is 323 g/mol. The van der Waals surface area contributed by atoms with Gasteiger partial charge in [-0.2, -0.15) is 18.3 Å². The lowest BCUT2D eigenvalue weighted by atomic mass is 10.1. The summed E-state index contributed by atoms with van der Waals surface area (Å²) in [5.41, 5.74) is 0.700. The van der Waals surface area contributed by atoms with E-state index in [2.05, 4.69) is 15.4 Å². The highest BCUT2D eigenvalue weighted by Crippen LogP contribution is 2.37. The quantitative estimate of drug-likeness (QED) is 0.798. The van der Waals surface area contributed by atoms with Crippen LogP contribution in [0.25, 0.3) is 5.52 Å². The lowest BCUT2D eigenvalue weighted by Crippen LogP contribution is -2.28. The van der Waals surface area contributed by atoms with Crippen molar-refractivity contribution in [3.8, 4) is 0 Å². The fourth-order valence-electron chi connectivity index (χ4n) is 2.51. The number of hydrogen-bond donors (Lipinski definition) is 1. The Hall–Kier alpha value is -2.51. The summed E-state index contributed by atoms with van der Waals surface area (Å²) >= 11 is 0. The fourth-order valence-corrected chi connectivity index (χ4v) is 2.51. The minimum absolute atomic E-state index is 0.0418. The largest absolute Gasteiger partial charge is 0.414 e. The zero-order valence-corrected chi connectivity index (χ0v) is 12.7. The number of aromatic nitrogens is 4. The highest BCUT2D eigenvalue weighted by molar-refractivity contribution is 5.57. The third kappa shape index (κ3) is 2.88. The maximum atomic E-state index is 13.6. The minimum atomic E-state index is -4.48. The highest BCUT2D eigenvalue weighted by Gasteiger charge is 2.43. The van der Waals surface area contributed by atoms with Crippen molar-refractivity contribution in [2.75, 3.05) is 5.32 Å². The van der Waals surface area contributed by atoms with Crippen molar-refractivity contribution in [1.82, 2.24) is 19.2 Å². The maximum absolute atomic E-state index is 13.6. The van der Waals surface area contributed by atoms with Crippen LogP contribution in [0.4, 0.5) is 18.9 Å².